The molecule has 9 nitrogen and oxygen atoms in total. The highest BCUT2D eigenvalue weighted by Crippen LogP contribution is 2.23. The van der Waals surface area contributed by atoms with Gasteiger partial charge in [-0.05, 0) is 33.1 Å². The van der Waals surface area contributed by atoms with Crippen LogP contribution in [0.3, 0.4) is 0 Å². The molecule has 9 heteroatoms. The minimum Gasteiger partial charge on any atom is -0.382 e. The summed E-state index contributed by atoms with van der Waals surface area (Å²) >= 11 is 0. The zero-order valence-corrected chi connectivity index (χ0v) is 19.2. The number of nitrogens with zero attached hydrogens (tertiary/aromatic N) is 4. The average Bonchev–Trinajstić information content (AvgIpc) is 3.31. The smallest absolute Gasteiger partial charge is 0.165 e. The molecule has 1 aliphatic rings. The predicted octanol–water partition coefficient (Wildman–Crippen LogP) is 3.04. The maximum absolute atomic E-state index is 8.08. The maximum atomic E-state index is 8.08. The van der Waals surface area contributed by atoms with E-state index in [2.05, 4.69) is 21.9 Å². The standard InChI is InChI=1S/C19H31N5O2.C3H8O2/c1-2-3-4-5-6-7-10-25-12-16-9-8-15(26-16)11-24-14-23-17-18(20)21-13-22-19(17)24;1-3(2,4)5/h13-16H,2-12H2,1H3,(H2,20,21,22);4-5H,1-2H3. The minimum absolute atomic E-state index is 0.172. The molecule has 176 valence electrons. The second kappa shape index (κ2) is 12.9. The Hall–Kier alpha value is -1.81. The molecule has 0 aromatic carbocycles. The first-order chi connectivity index (χ1) is 14.8. The Morgan fingerprint density at radius 1 is 1.10 bits per heavy atom. The van der Waals surface area contributed by atoms with Crippen LogP contribution in [-0.2, 0) is 16.0 Å². The number of imidazole rings is 1. The van der Waals surface area contributed by atoms with Crippen LogP contribution in [0.2, 0.25) is 0 Å². The van der Waals surface area contributed by atoms with Crippen molar-refractivity contribution in [2.45, 2.75) is 96.7 Å². The number of ether oxygens (including phenoxy) is 2. The number of aliphatic hydroxyl groups is 2. The second-order valence-electron chi connectivity index (χ2n) is 8.62. The van der Waals surface area contributed by atoms with E-state index >= 15 is 0 Å². The van der Waals surface area contributed by atoms with E-state index in [9.17, 15) is 0 Å². The van der Waals surface area contributed by atoms with Crippen LogP contribution in [-0.4, -0.2) is 60.9 Å². The number of aromatic nitrogens is 4. The van der Waals surface area contributed by atoms with Crippen LogP contribution < -0.4 is 5.73 Å². The van der Waals surface area contributed by atoms with Crippen molar-refractivity contribution in [1.82, 2.24) is 19.5 Å². The van der Waals surface area contributed by atoms with E-state index in [1.807, 2.05) is 4.57 Å². The highest BCUT2D eigenvalue weighted by molar-refractivity contribution is 5.81. The van der Waals surface area contributed by atoms with E-state index < -0.39 is 5.79 Å². The normalized spacial score (nSPS) is 18.9. The van der Waals surface area contributed by atoms with E-state index in [0.717, 1.165) is 38.1 Å². The molecule has 1 saturated heterocycles. The fourth-order valence-corrected chi connectivity index (χ4v) is 3.49. The maximum Gasteiger partial charge on any atom is 0.165 e. The monoisotopic (exact) mass is 437 g/mol. The Bertz CT molecular complexity index is 756. The van der Waals surface area contributed by atoms with Crippen molar-refractivity contribution >= 4 is 17.0 Å². The van der Waals surface area contributed by atoms with Gasteiger partial charge in [-0.15, -0.1) is 0 Å². The number of anilines is 1. The fraction of sp³-hybridized carbons (Fsp3) is 0.773. The van der Waals surface area contributed by atoms with Crippen LogP contribution >= 0.6 is 0 Å². The lowest BCUT2D eigenvalue weighted by atomic mass is 10.1. The number of fused-ring (bicyclic) bond motifs is 1. The van der Waals surface area contributed by atoms with Crippen molar-refractivity contribution in [2.75, 3.05) is 18.9 Å². The van der Waals surface area contributed by atoms with Gasteiger partial charge in [0.25, 0.3) is 0 Å². The van der Waals surface area contributed by atoms with Gasteiger partial charge in [-0.2, -0.15) is 0 Å². The van der Waals surface area contributed by atoms with Crippen LogP contribution in [0.1, 0.15) is 72.1 Å². The van der Waals surface area contributed by atoms with Crippen molar-refractivity contribution in [3.63, 3.8) is 0 Å². The number of rotatable bonds is 11. The summed E-state index contributed by atoms with van der Waals surface area (Å²) in [7, 11) is 0. The zero-order valence-electron chi connectivity index (χ0n) is 19.2. The number of nitrogen functional groups attached to an aromatic ring is 1. The molecule has 3 heterocycles. The predicted molar refractivity (Wildman–Crippen MR) is 120 cm³/mol. The van der Waals surface area contributed by atoms with Crippen molar-refractivity contribution in [2.24, 2.45) is 0 Å². The Kier molecular flexibility index (Phi) is 10.6. The van der Waals surface area contributed by atoms with Crippen molar-refractivity contribution in [3.8, 4) is 0 Å². The molecule has 0 spiro atoms. The molecule has 1 fully saturated rings. The van der Waals surface area contributed by atoms with Crippen LogP contribution in [0.4, 0.5) is 5.82 Å². The summed E-state index contributed by atoms with van der Waals surface area (Å²) in [6.45, 7) is 7.13. The van der Waals surface area contributed by atoms with E-state index in [1.54, 1.807) is 6.33 Å². The van der Waals surface area contributed by atoms with E-state index in [1.165, 1.54) is 52.3 Å². The minimum atomic E-state index is -1.50. The summed E-state index contributed by atoms with van der Waals surface area (Å²) in [4.78, 5) is 12.6. The number of unbranched alkanes of at least 4 members (excludes halogenated alkanes) is 5. The quantitative estimate of drug-likeness (QED) is 0.361. The summed E-state index contributed by atoms with van der Waals surface area (Å²) in [5.74, 6) is -1.08. The molecule has 0 saturated carbocycles. The highest BCUT2D eigenvalue weighted by Gasteiger charge is 2.26. The van der Waals surface area contributed by atoms with Gasteiger partial charge in [-0.1, -0.05) is 39.0 Å². The zero-order chi connectivity index (χ0) is 22.7. The van der Waals surface area contributed by atoms with Gasteiger partial charge >= 0.3 is 0 Å². The van der Waals surface area contributed by atoms with Gasteiger partial charge in [0.15, 0.2) is 17.3 Å². The van der Waals surface area contributed by atoms with Crippen molar-refractivity contribution < 1.29 is 19.7 Å². The third kappa shape index (κ3) is 9.90. The van der Waals surface area contributed by atoms with Crippen LogP contribution in [0.5, 0.6) is 0 Å². The molecule has 0 aliphatic carbocycles. The molecular formula is C22H39N5O4. The molecule has 0 radical (unpaired) electrons. The van der Waals surface area contributed by atoms with E-state index in [0.29, 0.717) is 17.9 Å². The lowest BCUT2D eigenvalue weighted by Gasteiger charge is -2.15. The van der Waals surface area contributed by atoms with Gasteiger partial charge in [0.1, 0.15) is 11.8 Å². The summed E-state index contributed by atoms with van der Waals surface area (Å²) in [5, 5.41) is 16.2. The summed E-state index contributed by atoms with van der Waals surface area (Å²) < 4.78 is 13.9. The number of hydrogen-bond donors (Lipinski definition) is 3. The Balaban J connectivity index is 0.000000614. The van der Waals surface area contributed by atoms with E-state index in [4.69, 9.17) is 25.4 Å². The number of nitrogens with two attached hydrogens (primary N) is 1. The molecule has 2 aromatic rings. The molecule has 0 amide bonds. The SMILES string of the molecule is CC(C)(O)O.CCCCCCCCOCC1CCC(Cn2cnc3c(N)ncnc32)O1. The Morgan fingerprint density at radius 3 is 2.52 bits per heavy atom. The first-order valence-corrected chi connectivity index (χ1v) is 11.4. The largest absolute Gasteiger partial charge is 0.382 e. The molecule has 31 heavy (non-hydrogen) atoms. The van der Waals surface area contributed by atoms with Gasteiger partial charge in [0, 0.05) is 6.61 Å². The average molecular weight is 438 g/mol. The first-order valence-electron chi connectivity index (χ1n) is 11.4. The molecule has 2 unspecified atom stereocenters. The van der Waals surface area contributed by atoms with Gasteiger partial charge in [-0.25, -0.2) is 15.0 Å². The lowest BCUT2D eigenvalue weighted by Crippen LogP contribution is -2.20. The summed E-state index contributed by atoms with van der Waals surface area (Å²) in [6.07, 6.45) is 13.4. The Morgan fingerprint density at radius 2 is 1.77 bits per heavy atom. The third-order valence-corrected chi connectivity index (χ3v) is 4.97. The Labute approximate surface area is 185 Å². The summed E-state index contributed by atoms with van der Waals surface area (Å²) in [6, 6.07) is 0. The third-order valence-electron chi connectivity index (χ3n) is 4.97. The van der Waals surface area contributed by atoms with E-state index in [-0.39, 0.29) is 12.2 Å². The number of hydrogen-bond acceptors (Lipinski definition) is 8. The van der Waals surface area contributed by atoms with Crippen molar-refractivity contribution in [3.05, 3.63) is 12.7 Å². The topological polar surface area (TPSA) is 129 Å². The van der Waals surface area contributed by atoms with Gasteiger partial charge in [0.05, 0.1) is 31.7 Å². The van der Waals surface area contributed by atoms with Gasteiger partial charge < -0.3 is 30.0 Å². The molecule has 4 N–H and O–H groups in total. The van der Waals surface area contributed by atoms with Crippen LogP contribution in [0.25, 0.3) is 11.2 Å². The molecule has 2 aromatic heterocycles. The molecule has 1 aliphatic heterocycles. The van der Waals surface area contributed by atoms with Gasteiger partial charge in [-0.3, -0.25) is 0 Å². The van der Waals surface area contributed by atoms with Gasteiger partial charge in [0.2, 0.25) is 0 Å². The van der Waals surface area contributed by atoms with Crippen LogP contribution in [0.15, 0.2) is 12.7 Å². The first kappa shape index (κ1) is 25.5. The molecule has 0 bridgehead atoms. The second-order valence-corrected chi connectivity index (χ2v) is 8.62. The van der Waals surface area contributed by atoms with Crippen LogP contribution in [0, 0.1) is 0 Å². The lowest BCUT2D eigenvalue weighted by molar-refractivity contribution is -0.127. The molecule has 3 rings (SSSR count). The summed E-state index contributed by atoms with van der Waals surface area (Å²) in [5.41, 5.74) is 7.26. The fourth-order valence-electron chi connectivity index (χ4n) is 3.49. The highest BCUT2D eigenvalue weighted by atomic mass is 16.5. The molecular weight excluding hydrogens is 398 g/mol. The molecule has 2 atom stereocenters. The van der Waals surface area contributed by atoms with Crippen molar-refractivity contribution in [1.29, 1.82) is 0 Å².